The van der Waals surface area contributed by atoms with Gasteiger partial charge in [0.2, 0.25) is 5.01 Å². The Kier molecular flexibility index (Phi) is 19.0. The number of benzene rings is 8. The normalized spacial score (nSPS) is 13.1. The highest BCUT2D eigenvalue weighted by molar-refractivity contribution is 7.31. The third-order valence-electron chi connectivity index (χ3n) is 18.4. The lowest BCUT2D eigenvalue weighted by Gasteiger charge is -2.32. The topological polar surface area (TPSA) is 84.6 Å². The standard InChI is InChI=1S/C52H40BF3N2O4S4.C30H27NO2S2/c1-30-6-12-35(13-7-30)53(36-14-10-34(11-15-36)52(54,55)56)42-28-44(64-49(42)50-57(53)29-46(66-50)51(59)60)43-26-32(3)48(63-43)45-27-31(2)47(65-45)33-8-16-37(17-9-33)58(38-18-22-40(61-4)23-19-38)39-20-24-41(62-5)25-21-39;1-20-17-18-34-30(20)28-19-21(2)29(35-28)22-5-7-23(8-6-22)31(24-9-13-26(32-3)14-10-24)25-11-15-27(33-4)16-12-25/h6-29H,1-5H3,(H,59,60);5-19H,1-4H3. The Morgan fingerprint density at radius 1 is 0.416 bits per heavy atom. The van der Waals surface area contributed by atoms with Gasteiger partial charge in [-0.2, -0.15) is 13.2 Å². The molecule has 0 saturated heterocycles. The van der Waals surface area contributed by atoms with Crippen LogP contribution in [0.4, 0.5) is 47.3 Å². The van der Waals surface area contributed by atoms with Crippen molar-refractivity contribution in [2.45, 2.75) is 40.8 Å². The summed E-state index contributed by atoms with van der Waals surface area (Å²) in [5.41, 5.74) is 16.3. The third kappa shape index (κ3) is 13.2. The van der Waals surface area contributed by atoms with Crippen molar-refractivity contribution < 1.29 is 46.5 Å². The minimum atomic E-state index is -4.50. The lowest BCUT2D eigenvalue weighted by atomic mass is 9.25. The molecule has 1 atom stereocenters. The molecule has 0 saturated carbocycles. The molecular weight excluding hydrogens is 1380 g/mol. The first kappa shape index (κ1) is 68.2. The number of hydrogen-bond acceptors (Lipinski definition) is 13. The number of aromatic carboxylic acids is 1. The summed E-state index contributed by atoms with van der Waals surface area (Å²) < 4.78 is 65.3. The fourth-order valence-electron chi connectivity index (χ4n) is 13.3. The fourth-order valence-corrected chi connectivity index (χ4v) is 20.6. The number of fused-ring (bicyclic) bond motifs is 3. The first-order valence-corrected chi connectivity index (χ1v) is 37.4. The zero-order chi connectivity index (χ0) is 70.4. The fraction of sp³-hybridized carbons (Fsp3) is 0.122. The number of nitrogens with zero attached hydrogens (tertiary/aromatic N) is 3. The Labute approximate surface area is 609 Å². The number of thiophene rings is 5. The molecular formula is C82H67BF3N3O6S6. The van der Waals surface area contributed by atoms with Gasteiger partial charge >= 0.3 is 18.4 Å². The molecule has 0 spiro atoms. The molecule has 0 fully saturated rings. The molecule has 1 N–H and O–H groups in total. The van der Waals surface area contributed by atoms with Crippen molar-refractivity contribution in [1.29, 1.82) is 0 Å². The molecule has 1 aliphatic heterocycles. The summed E-state index contributed by atoms with van der Waals surface area (Å²) in [5, 5.41) is 13.1. The van der Waals surface area contributed by atoms with E-state index < -0.39 is 24.0 Å². The van der Waals surface area contributed by atoms with Crippen molar-refractivity contribution in [2.24, 2.45) is 0 Å². The monoisotopic (exact) mass is 1450 g/mol. The second-order valence-corrected chi connectivity index (χ2v) is 30.9. The summed E-state index contributed by atoms with van der Waals surface area (Å²) >= 11 is 9.96. The maximum Gasteiger partial charge on any atom is 0.416 e. The number of alkyl halides is 3. The molecule has 6 aromatic heterocycles. The SMILES string of the molecule is COc1ccc(N(c2ccc(OC)cc2)c2ccc(-c3sc(-c4sc(-c5cc6c(s5)-c5sc(C(=O)O)c[n+]5[B-]6(c5ccc(C)cc5)c5ccc(C(F)(F)F)cc5)cc4C)cc3C)cc2)cc1.COc1ccc(N(c2ccc(OC)cc2)c2ccc(-c3sc(-c4sccc4C)cc3C)cc2)cc1. The van der Waals surface area contributed by atoms with Crippen molar-refractivity contribution in [2.75, 3.05) is 38.2 Å². The van der Waals surface area contributed by atoms with E-state index in [4.69, 9.17) is 18.9 Å². The van der Waals surface area contributed by atoms with E-state index in [1.807, 2.05) is 131 Å². The maximum atomic E-state index is 13.9. The zero-order valence-corrected chi connectivity index (χ0v) is 61.4. The number of methoxy groups -OCH3 is 4. The van der Waals surface area contributed by atoms with Crippen LogP contribution in [0.25, 0.3) is 60.0 Å². The van der Waals surface area contributed by atoms with Gasteiger partial charge < -0.3 is 38.3 Å². The average Bonchev–Trinajstić information content (AvgIpc) is 1.50. The summed E-state index contributed by atoms with van der Waals surface area (Å²) in [4.78, 5) is 27.6. The van der Waals surface area contributed by atoms with Crippen LogP contribution in [0.1, 0.15) is 43.1 Å². The number of aryl methyl sites for hydroxylation is 5. The van der Waals surface area contributed by atoms with Crippen LogP contribution in [0.5, 0.6) is 23.0 Å². The van der Waals surface area contributed by atoms with Gasteiger partial charge in [0.15, 0.2) is 4.88 Å². The van der Waals surface area contributed by atoms with E-state index in [0.717, 1.165) is 126 Å². The van der Waals surface area contributed by atoms with Gasteiger partial charge in [-0.25, -0.2) is 4.79 Å². The van der Waals surface area contributed by atoms with E-state index in [0.29, 0.717) is 5.46 Å². The van der Waals surface area contributed by atoms with Gasteiger partial charge in [0.1, 0.15) is 29.2 Å². The van der Waals surface area contributed by atoms with E-state index in [1.165, 1.54) is 53.1 Å². The van der Waals surface area contributed by atoms with Crippen LogP contribution in [0.15, 0.2) is 236 Å². The number of carbonyl (C=O) groups is 1. The number of ether oxygens (including phenoxy) is 4. The highest BCUT2D eigenvalue weighted by atomic mass is 32.1. The number of halogens is 3. The maximum absolute atomic E-state index is 13.9. The van der Waals surface area contributed by atoms with Crippen molar-refractivity contribution in [3.05, 3.63) is 274 Å². The van der Waals surface area contributed by atoms with Crippen LogP contribution < -0.4 is 49.6 Å². The molecule has 19 heteroatoms. The molecule has 0 radical (unpaired) electrons. The Hall–Kier alpha value is -9.99. The summed E-state index contributed by atoms with van der Waals surface area (Å²) in [6.45, 7) is 10.6. The average molecular weight is 1450 g/mol. The predicted octanol–water partition coefficient (Wildman–Crippen LogP) is 22.1. The Morgan fingerprint density at radius 3 is 1.18 bits per heavy atom. The first-order chi connectivity index (χ1) is 48.8. The molecule has 15 rings (SSSR count). The Morgan fingerprint density at radius 2 is 0.782 bits per heavy atom. The number of hydrogen-bond donors (Lipinski definition) is 1. The van der Waals surface area contributed by atoms with E-state index in [9.17, 15) is 23.1 Å². The molecule has 0 aliphatic carbocycles. The predicted molar refractivity (Wildman–Crippen MR) is 417 cm³/mol. The molecule has 7 heterocycles. The molecule has 1 unspecified atom stereocenters. The number of rotatable bonds is 18. The molecule has 0 bridgehead atoms. The lowest BCUT2D eigenvalue weighted by Crippen LogP contribution is -2.82. The quantitative estimate of drug-likeness (QED) is 0.0851. The van der Waals surface area contributed by atoms with Crippen LogP contribution in [0.2, 0.25) is 0 Å². The smallest absolute Gasteiger partial charge is 0.416 e. The van der Waals surface area contributed by atoms with Gasteiger partial charge in [-0.3, -0.25) is 0 Å². The minimum absolute atomic E-state index is 0.162. The molecule has 0 amide bonds. The van der Waals surface area contributed by atoms with Gasteiger partial charge in [-0.1, -0.05) is 95.8 Å². The number of aromatic nitrogens is 1. The lowest BCUT2D eigenvalue weighted by molar-refractivity contribution is -0.518. The van der Waals surface area contributed by atoms with Crippen LogP contribution in [0, 0.1) is 34.6 Å². The van der Waals surface area contributed by atoms with Crippen LogP contribution >= 0.6 is 68.0 Å². The van der Waals surface area contributed by atoms with E-state index in [-0.39, 0.29) is 4.88 Å². The molecule has 101 heavy (non-hydrogen) atoms. The highest BCUT2D eigenvalue weighted by Crippen LogP contribution is 2.49. The van der Waals surface area contributed by atoms with Crippen molar-refractivity contribution in [1.82, 2.24) is 0 Å². The summed E-state index contributed by atoms with van der Waals surface area (Å²) in [6, 6.07) is 74.3. The first-order valence-electron chi connectivity index (χ1n) is 32.4. The number of carboxylic acid groups (broad SMARTS) is 1. The van der Waals surface area contributed by atoms with Crippen LogP contribution in [-0.2, 0) is 6.18 Å². The minimum Gasteiger partial charge on any atom is -0.497 e. The largest absolute Gasteiger partial charge is 0.497 e. The van der Waals surface area contributed by atoms with Gasteiger partial charge in [0.05, 0.1) is 38.9 Å². The molecule has 506 valence electrons. The molecule has 14 aromatic rings. The van der Waals surface area contributed by atoms with Crippen LogP contribution in [-0.4, -0.2) is 45.8 Å². The van der Waals surface area contributed by atoms with Crippen LogP contribution in [0.3, 0.4) is 0 Å². The third-order valence-corrected chi connectivity index (χ3v) is 26.2. The van der Waals surface area contributed by atoms with Gasteiger partial charge in [-0.15, -0.1) is 73.1 Å². The second-order valence-electron chi connectivity index (χ2n) is 24.7. The van der Waals surface area contributed by atoms with Gasteiger partial charge in [0, 0.05) is 73.1 Å². The highest BCUT2D eigenvalue weighted by Gasteiger charge is 2.53. The number of thiazole rings is 1. The Bertz CT molecular complexity index is 5200. The van der Waals surface area contributed by atoms with E-state index in [1.54, 1.807) is 80.8 Å². The van der Waals surface area contributed by atoms with E-state index >= 15 is 0 Å². The summed E-state index contributed by atoms with van der Waals surface area (Å²) in [6.07, 6.45) is -4.97. The second kappa shape index (κ2) is 28.2. The van der Waals surface area contributed by atoms with Gasteiger partial charge in [-0.05, 0) is 219 Å². The summed E-state index contributed by atoms with van der Waals surface area (Å²) in [5.74, 6) is 2.19. The summed E-state index contributed by atoms with van der Waals surface area (Å²) in [7, 11) is 6.70. The zero-order valence-electron chi connectivity index (χ0n) is 56.5. The molecule has 8 aromatic carbocycles. The molecule has 1 aliphatic rings. The van der Waals surface area contributed by atoms with Crippen molar-refractivity contribution >= 4 is 131 Å². The van der Waals surface area contributed by atoms with Crippen molar-refractivity contribution in [3.63, 3.8) is 0 Å². The Balaban J connectivity index is 0.000000208. The molecule has 9 nitrogen and oxygen atoms in total. The van der Waals surface area contributed by atoms with Gasteiger partial charge in [0.25, 0.3) is 0 Å². The number of anilines is 6. The van der Waals surface area contributed by atoms with Crippen molar-refractivity contribution in [3.8, 4) is 83.0 Å². The number of carboxylic acids is 1. The van der Waals surface area contributed by atoms with E-state index in [2.05, 4.69) is 146 Å².